The van der Waals surface area contributed by atoms with Crippen molar-refractivity contribution in [2.75, 3.05) is 18.5 Å². The van der Waals surface area contributed by atoms with Crippen molar-refractivity contribution in [3.05, 3.63) is 34.2 Å². The number of aromatic amines is 1. The van der Waals surface area contributed by atoms with E-state index in [4.69, 9.17) is 15.5 Å². The van der Waals surface area contributed by atoms with E-state index < -0.39 is 0 Å². The van der Waals surface area contributed by atoms with Crippen LogP contribution in [0.1, 0.15) is 39.3 Å². The third-order valence-electron chi connectivity index (χ3n) is 4.55. The van der Waals surface area contributed by atoms with E-state index in [1.807, 2.05) is 32.0 Å². The highest BCUT2D eigenvalue weighted by atomic mass is 16.5. The summed E-state index contributed by atoms with van der Waals surface area (Å²) in [5.74, 6) is 1.38. The number of anilines is 1. The monoisotopic (exact) mass is 411 g/mol. The number of benzene rings is 1. The van der Waals surface area contributed by atoms with Gasteiger partial charge in [0.05, 0.1) is 17.9 Å². The van der Waals surface area contributed by atoms with Crippen molar-refractivity contribution in [3.63, 3.8) is 0 Å². The van der Waals surface area contributed by atoms with Gasteiger partial charge in [-0.15, -0.1) is 0 Å². The van der Waals surface area contributed by atoms with Crippen LogP contribution >= 0.6 is 0 Å². The molecule has 0 spiro atoms. The number of rotatable bonds is 8. The summed E-state index contributed by atoms with van der Waals surface area (Å²) >= 11 is 0. The molecule has 0 saturated carbocycles. The fourth-order valence-electron chi connectivity index (χ4n) is 3.27. The van der Waals surface area contributed by atoms with Crippen LogP contribution in [0.2, 0.25) is 0 Å². The number of H-pyrrole nitrogens is 1. The van der Waals surface area contributed by atoms with E-state index in [2.05, 4.69) is 27.3 Å². The van der Waals surface area contributed by atoms with E-state index in [-0.39, 0.29) is 5.56 Å². The van der Waals surface area contributed by atoms with E-state index in [9.17, 15) is 4.79 Å². The Balaban J connectivity index is 2.16. The Hall–Kier alpha value is -3.36. The molecule has 1 aromatic carbocycles. The minimum Gasteiger partial charge on any atom is -0.493 e. The maximum atomic E-state index is 12.8. The minimum absolute atomic E-state index is 0.237. The van der Waals surface area contributed by atoms with Crippen molar-refractivity contribution in [2.45, 2.75) is 40.0 Å². The van der Waals surface area contributed by atoms with Gasteiger partial charge in [0, 0.05) is 19.3 Å². The lowest BCUT2D eigenvalue weighted by molar-refractivity contribution is 0.318. The maximum absolute atomic E-state index is 12.8. The predicted molar refractivity (Wildman–Crippen MR) is 120 cm³/mol. The molecule has 0 aliphatic heterocycles. The number of nitrogens with two attached hydrogens (primary N) is 1. The van der Waals surface area contributed by atoms with Crippen molar-refractivity contribution < 1.29 is 4.74 Å². The third kappa shape index (κ3) is 4.45. The molecule has 0 aliphatic carbocycles. The van der Waals surface area contributed by atoms with Gasteiger partial charge in [0.25, 0.3) is 5.56 Å². The summed E-state index contributed by atoms with van der Waals surface area (Å²) in [5, 5.41) is 7.54. The molecule has 2 aromatic heterocycles. The zero-order chi connectivity index (χ0) is 21.7. The molecule has 0 radical (unpaired) electrons. The second-order valence-electron chi connectivity index (χ2n) is 6.98. The van der Waals surface area contributed by atoms with E-state index in [0.717, 1.165) is 30.6 Å². The van der Waals surface area contributed by atoms with Crippen molar-refractivity contribution in [3.8, 4) is 17.1 Å². The smallest absolute Gasteiger partial charge is 0.277 e. The standard InChI is InChI=1S/C21H29N7O2/c1-5-8-15-17-18(28(4)27-15)20(29)26-19(25-17)14-12-13(24-21(22)23-7-3)9-10-16(14)30-11-6-2/h9-10,12H,5-8,11H2,1-4H3,(H3,22,23,24)(H,25,26,29). The van der Waals surface area contributed by atoms with Gasteiger partial charge in [-0.3, -0.25) is 14.5 Å². The Morgan fingerprint density at radius 2 is 2.10 bits per heavy atom. The van der Waals surface area contributed by atoms with Gasteiger partial charge in [-0.1, -0.05) is 20.3 Å². The molecule has 9 nitrogen and oxygen atoms in total. The zero-order valence-electron chi connectivity index (χ0n) is 18.0. The van der Waals surface area contributed by atoms with Crippen LogP contribution in [0.5, 0.6) is 5.75 Å². The lowest BCUT2D eigenvalue weighted by Crippen LogP contribution is -2.22. The average Bonchev–Trinajstić information content (AvgIpc) is 3.03. The Kier molecular flexibility index (Phi) is 6.71. The van der Waals surface area contributed by atoms with E-state index in [0.29, 0.717) is 47.3 Å². The summed E-state index contributed by atoms with van der Waals surface area (Å²) in [7, 11) is 1.76. The summed E-state index contributed by atoms with van der Waals surface area (Å²) in [4.78, 5) is 24.6. The normalized spacial score (nSPS) is 11.8. The fourth-order valence-corrected chi connectivity index (χ4v) is 3.27. The molecule has 0 fully saturated rings. The Morgan fingerprint density at radius 1 is 1.30 bits per heavy atom. The fraction of sp³-hybridized carbons (Fsp3) is 0.429. The van der Waals surface area contributed by atoms with Crippen LogP contribution in [0.15, 0.2) is 28.0 Å². The molecule has 3 aromatic rings. The Morgan fingerprint density at radius 3 is 2.80 bits per heavy atom. The van der Waals surface area contributed by atoms with E-state index in [1.165, 1.54) is 0 Å². The molecule has 0 unspecified atom stereocenters. The summed E-state index contributed by atoms with van der Waals surface area (Å²) in [6, 6.07) is 5.55. The number of guanidine groups is 1. The van der Waals surface area contributed by atoms with Gasteiger partial charge < -0.3 is 20.8 Å². The molecule has 0 saturated heterocycles. The second-order valence-corrected chi connectivity index (χ2v) is 6.98. The number of aliphatic imine (C=N–C) groups is 1. The number of ether oxygens (including phenoxy) is 1. The Bertz CT molecular complexity index is 1110. The van der Waals surface area contributed by atoms with E-state index >= 15 is 0 Å². The first kappa shape index (κ1) is 21.4. The number of aryl methyl sites for hydroxylation is 2. The number of fused-ring (bicyclic) bond motifs is 1. The molecule has 0 aliphatic rings. The topological polar surface area (TPSA) is 123 Å². The second kappa shape index (κ2) is 9.43. The minimum atomic E-state index is -0.237. The van der Waals surface area contributed by atoms with Crippen LogP contribution in [0.25, 0.3) is 22.4 Å². The molecule has 4 N–H and O–H groups in total. The van der Waals surface area contributed by atoms with Crippen LogP contribution in [-0.4, -0.2) is 38.9 Å². The van der Waals surface area contributed by atoms with Gasteiger partial charge in [-0.05, 0) is 38.0 Å². The highest BCUT2D eigenvalue weighted by Gasteiger charge is 2.18. The molecule has 9 heteroatoms. The third-order valence-corrected chi connectivity index (χ3v) is 4.55. The van der Waals surface area contributed by atoms with Crippen LogP contribution in [0.3, 0.4) is 0 Å². The van der Waals surface area contributed by atoms with Gasteiger partial charge >= 0.3 is 0 Å². The van der Waals surface area contributed by atoms with Crippen molar-refractivity contribution in [2.24, 2.45) is 17.8 Å². The number of hydrogen-bond acceptors (Lipinski definition) is 5. The first-order valence-electron chi connectivity index (χ1n) is 10.3. The predicted octanol–water partition coefficient (Wildman–Crippen LogP) is 2.81. The zero-order valence-corrected chi connectivity index (χ0v) is 18.0. The summed E-state index contributed by atoms with van der Waals surface area (Å²) in [6.07, 6.45) is 2.52. The lowest BCUT2D eigenvalue weighted by atomic mass is 10.1. The number of nitrogens with zero attached hydrogens (tertiary/aromatic N) is 4. The first-order chi connectivity index (χ1) is 14.5. The quantitative estimate of drug-likeness (QED) is 0.387. The number of aromatic nitrogens is 4. The molecule has 160 valence electrons. The van der Waals surface area contributed by atoms with Gasteiger partial charge in [0.15, 0.2) is 11.5 Å². The number of nitrogens with one attached hydrogen (secondary N) is 2. The van der Waals surface area contributed by atoms with Gasteiger partial charge in [-0.25, -0.2) is 4.98 Å². The molecule has 2 heterocycles. The largest absolute Gasteiger partial charge is 0.493 e. The number of hydrogen-bond donors (Lipinski definition) is 3. The SMILES string of the molecule is CCCOc1ccc(NC(N)=NCC)cc1-c1nc2c(CCC)nn(C)c2c(=O)[nH]1. The van der Waals surface area contributed by atoms with Gasteiger partial charge in [0.2, 0.25) is 0 Å². The maximum Gasteiger partial charge on any atom is 0.277 e. The van der Waals surface area contributed by atoms with E-state index in [1.54, 1.807) is 11.7 Å². The highest BCUT2D eigenvalue weighted by Crippen LogP contribution is 2.31. The van der Waals surface area contributed by atoms with Crippen molar-refractivity contribution >= 4 is 22.7 Å². The summed E-state index contributed by atoms with van der Waals surface area (Å²) < 4.78 is 7.50. The molecule has 0 atom stereocenters. The van der Waals surface area contributed by atoms with Gasteiger partial charge in [0.1, 0.15) is 17.1 Å². The van der Waals surface area contributed by atoms with Gasteiger partial charge in [-0.2, -0.15) is 5.10 Å². The average molecular weight is 412 g/mol. The molecule has 30 heavy (non-hydrogen) atoms. The van der Waals surface area contributed by atoms with Crippen molar-refractivity contribution in [1.29, 1.82) is 0 Å². The molecule has 0 amide bonds. The molecule has 0 bridgehead atoms. The van der Waals surface area contributed by atoms with Crippen LogP contribution in [-0.2, 0) is 13.5 Å². The summed E-state index contributed by atoms with van der Waals surface area (Å²) in [6.45, 7) is 7.15. The Labute approximate surface area is 175 Å². The van der Waals surface area contributed by atoms with Crippen LogP contribution in [0.4, 0.5) is 5.69 Å². The molecular formula is C21H29N7O2. The van der Waals surface area contributed by atoms with Crippen LogP contribution < -0.4 is 21.3 Å². The first-order valence-corrected chi connectivity index (χ1v) is 10.3. The molecule has 3 rings (SSSR count). The molecular weight excluding hydrogens is 382 g/mol. The van der Waals surface area contributed by atoms with Crippen LogP contribution in [0, 0.1) is 0 Å². The highest BCUT2D eigenvalue weighted by molar-refractivity contribution is 5.93. The lowest BCUT2D eigenvalue weighted by Gasteiger charge is -2.13. The van der Waals surface area contributed by atoms with Crippen molar-refractivity contribution in [1.82, 2.24) is 19.7 Å². The summed E-state index contributed by atoms with van der Waals surface area (Å²) in [5.41, 5.74) is 8.95.